The first-order valence-electron chi connectivity index (χ1n) is 10.1. The maximum absolute atomic E-state index is 12.0. The quantitative estimate of drug-likeness (QED) is 0.188. The lowest BCUT2D eigenvalue weighted by atomic mass is 10.2. The van der Waals surface area contributed by atoms with Gasteiger partial charge in [0.1, 0.15) is 23.0 Å². The molecule has 154 valence electrons. The standard InChI is InChI=1S/C27H23O3S/c28-27(29-24-14-8-3-9-15-24)30-25-16-18-26(19-17-25)31(20-22-10-4-1-5-11-22)21-23-12-6-2-7-13-23/h1-19H,20-21H2/q+1. The molecule has 0 aromatic heterocycles. The van der Waals surface area contributed by atoms with Crippen molar-refractivity contribution in [1.29, 1.82) is 0 Å². The van der Waals surface area contributed by atoms with Gasteiger partial charge in [0.25, 0.3) is 0 Å². The van der Waals surface area contributed by atoms with E-state index in [1.165, 1.54) is 16.0 Å². The van der Waals surface area contributed by atoms with Gasteiger partial charge in [0, 0.05) is 22.0 Å². The minimum absolute atomic E-state index is 0.0140. The second kappa shape index (κ2) is 10.5. The first-order chi connectivity index (χ1) is 15.3. The second-order valence-electron chi connectivity index (χ2n) is 6.99. The van der Waals surface area contributed by atoms with Crippen LogP contribution in [0.5, 0.6) is 11.5 Å². The van der Waals surface area contributed by atoms with Crippen molar-refractivity contribution in [1.82, 2.24) is 0 Å². The molecule has 0 fully saturated rings. The van der Waals surface area contributed by atoms with Gasteiger partial charge in [-0.1, -0.05) is 78.9 Å². The highest BCUT2D eigenvalue weighted by Crippen LogP contribution is 2.25. The van der Waals surface area contributed by atoms with E-state index in [0.717, 1.165) is 11.5 Å². The van der Waals surface area contributed by atoms with Crippen molar-refractivity contribution >= 4 is 17.1 Å². The van der Waals surface area contributed by atoms with Gasteiger partial charge in [-0.15, -0.1) is 0 Å². The Bertz CT molecular complexity index is 1040. The molecule has 0 aliphatic rings. The van der Waals surface area contributed by atoms with E-state index in [2.05, 4.69) is 48.5 Å². The number of rotatable bonds is 7. The summed E-state index contributed by atoms with van der Waals surface area (Å²) in [7, 11) is -0.0140. The van der Waals surface area contributed by atoms with Crippen LogP contribution in [0.3, 0.4) is 0 Å². The summed E-state index contributed by atoms with van der Waals surface area (Å²) in [4.78, 5) is 13.3. The third-order valence-electron chi connectivity index (χ3n) is 4.67. The van der Waals surface area contributed by atoms with Crippen LogP contribution in [0.15, 0.2) is 120 Å². The van der Waals surface area contributed by atoms with E-state index in [0.29, 0.717) is 11.5 Å². The second-order valence-corrected chi connectivity index (χ2v) is 9.03. The molecule has 0 saturated heterocycles. The number of ether oxygens (including phenoxy) is 2. The van der Waals surface area contributed by atoms with Gasteiger partial charge in [-0.3, -0.25) is 0 Å². The Morgan fingerprint density at radius 3 is 1.45 bits per heavy atom. The van der Waals surface area contributed by atoms with E-state index in [1.807, 2.05) is 42.5 Å². The summed E-state index contributed by atoms with van der Waals surface area (Å²) < 4.78 is 10.5. The molecule has 31 heavy (non-hydrogen) atoms. The molecule has 4 heteroatoms. The minimum Gasteiger partial charge on any atom is -0.395 e. The summed E-state index contributed by atoms with van der Waals surface area (Å²) in [6.45, 7) is 0. The number of hydrogen-bond acceptors (Lipinski definition) is 3. The summed E-state index contributed by atoms with van der Waals surface area (Å²) in [5.74, 6) is 2.85. The van der Waals surface area contributed by atoms with Crippen molar-refractivity contribution in [3.63, 3.8) is 0 Å². The van der Waals surface area contributed by atoms with Crippen molar-refractivity contribution in [2.45, 2.75) is 16.4 Å². The van der Waals surface area contributed by atoms with Gasteiger partial charge in [0.15, 0.2) is 4.90 Å². The molecule has 0 unspecified atom stereocenters. The zero-order chi connectivity index (χ0) is 21.3. The Hall–Kier alpha value is -3.50. The molecule has 3 nitrogen and oxygen atoms in total. The van der Waals surface area contributed by atoms with Gasteiger partial charge in [0.05, 0.1) is 0 Å². The Morgan fingerprint density at radius 1 is 0.548 bits per heavy atom. The smallest absolute Gasteiger partial charge is 0.395 e. The van der Waals surface area contributed by atoms with Gasteiger partial charge in [-0.25, -0.2) is 4.79 Å². The monoisotopic (exact) mass is 427 g/mol. The van der Waals surface area contributed by atoms with Gasteiger partial charge in [-0.2, -0.15) is 0 Å². The van der Waals surface area contributed by atoms with E-state index in [9.17, 15) is 4.79 Å². The summed E-state index contributed by atoms with van der Waals surface area (Å²) in [5.41, 5.74) is 2.63. The molecule has 0 amide bonds. The molecule has 4 aromatic carbocycles. The van der Waals surface area contributed by atoms with Crippen LogP contribution in [0.1, 0.15) is 11.1 Å². The predicted molar refractivity (Wildman–Crippen MR) is 125 cm³/mol. The molecule has 0 aliphatic carbocycles. The van der Waals surface area contributed by atoms with Gasteiger partial charge >= 0.3 is 6.16 Å². The number of carbonyl (C=O) groups excluding carboxylic acids is 1. The molecule has 0 spiro atoms. The maximum Gasteiger partial charge on any atom is 0.519 e. The normalized spacial score (nSPS) is 10.6. The SMILES string of the molecule is O=C(Oc1ccccc1)Oc1ccc([S+](Cc2ccccc2)Cc2ccccc2)cc1. The van der Waals surface area contributed by atoms with Gasteiger partial charge in [0.2, 0.25) is 0 Å². The fourth-order valence-corrected chi connectivity index (χ4v) is 5.32. The topological polar surface area (TPSA) is 35.5 Å². The average molecular weight is 428 g/mol. The van der Waals surface area contributed by atoms with E-state index in [1.54, 1.807) is 24.3 Å². The van der Waals surface area contributed by atoms with Gasteiger partial charge < -0.3 is 9.47 Å². The average Bonchev–Trinajstić information content (AvgIpc) is 2.81. The molecular weight excluding hydrogens is 404 g/mol. The first-order valence-corrected chi connectivity index (χ1v) is 11.6. The third-order valence-corrected chi connectivity index (χ3v) is 6.97. The molecule has 0 heterocycles. The van der Waals surface area contributed by atoms with Crippen molar-refractivity contribution in [2.24, 2.45) is 0 Å². The largest absolute Gasteiger partial charge is 0.519 e. The Labute approximate surface area is 185 Å². The Balaban J connectivity index is 1.46. The highest BCUT2D eigenvalue weighted by Gasteiger charge is 2.23. The molecule has 0 atom stereocenters. The lowest BCUT2D eigenvalue weighted by Gasteiger charge is -2.10. The lowest BCUT2D eigenvalue weighted by molar-refractivity contribution is 0.152. The number of benzene rings is 4. The van der Waals surface area contributed by atoms with Crippen molar-refractivity contribution in [3.8, 4) is 11.5 Å². The van der Waals surface area contributed by atoms with Crippen molar-refractivity contribution in [2.75, 3.05) is 0 Å². The Kier molecular flexibility index (Phi) is 7.04. The highest BCUT2D eigenvalue weighted by atomic mass is 32.2. The van der Waals surface area contributed by atoms with Crippen LogP contribution in [0.2, 0.25) is 0 Å². The van der Waals surface area contributed by atoms with Crippen LogP contribution >= 0.6 is 0 Å². The van der Waals surface area contributed by atoms with E-state index >= 15 is 0 Å². The molecule has 4 aromatic rings. The molecule has 4 rings (SSSR count). The molecule has 0 aliphatic heterocycles. The van der Waals surface area contributed by atoms with Crippen LogP contribution in [-0.4, -0.2) is 6.16 Å². The van der Waals surface area contributed by atoms with Crippen molar-refractivity contribution in [3.05, 3.63) is 126 Å². The van der Waals surface area contributed by atoms with E-state index < -0.39 is 6.16 Å². The minimum atomic E-state index is -0.744. The van der Waals surface area contributed by atoms with Crippen molar-refractivity contribution < 1.29 is 14.3 Å². The zero-order valence-electron chi connectivity index (χ0n) is 17.0. The molecule has 0 radical (unpaired) electrons. The summed E-state index contributed by atoms with van der Waals surface area (Å²) in [6, 6.07) is 37.7. The molecule has 0 N–H and O–H groups in total. The first kappa shape index (κ1) is 20.8. The van der Waals surface area contributed by atoms with Crippen LogP contribution in [0.25, 0.3) is 0 Å². The molecular formula is C27H23O3S+. The molecule has 0 saturated carbocycles. The summed E-state index contributed by atoms with van der Waals surface area (Å²) >= 11 is 0. The van der Waals surface area contributed by atoms with Crippen LogP contribution < -0.4 is 9.47 Å². The van der Waals surface area contributed by atoms with Crippen LogP contribution in [0, 0.1) is 0 Å². The van der Waals surface area contributed by atoms with Gasteiger partial charge in [-0.05, 0) is 36.4 Å². The van der Waals surface area contributed by atoms with E-state index in [-0.39, 0.29) is 10.9 Å². The maximum atomic E-state index is 12.0. The zero-order valence-corrected chi connectivity index (χ0v) is 17.8. The molecule has 0 bridgehead atoms. The summed E-state index contributed by atoms with van der Waals surface area (Å²) in [6.07, 6.45) is -0.744. The predicted octanol–water partition coefficient (Wildman–Crippen LogP) is 6.64. The van der Waals surface area contributed by atoms with Crippen LogP contribution in [-0.2, 0) is 22.4 Å². The Morgan fingerprint density at radius 2 is 0.968 bits per heavy atom. The lowest BCUT2D eigenvalue weighted by Crippen LogP contribution is -2.14. The fourth-order valence-electron chi connectivity index (χ4n) is 3.17. The number of para-hydroxylation sites is 1. The third kappa shape index (κ3) is 6.24. The van der Waals surface area contributed by atoms with Crippen LogP contribution in [0.4, 0.5) is 4.79 Å². The number of hydrogen-bond donors (Lipinski definition) is 0. The number of carbonyl (C=O) groups is 1. The summed E-state index contributed by atoms with van der Waals surface area (Å²) in [5, 5.41) is 0. The fraction of sp³-hybridized carbons (Fsp3) is 0.0741. The highest BCUT2D eigenvalue weighted by molar-refractivity contribution is 7.95. The van der Waals surface area contributed by atoms with E-state index in [4.69, 9.17) is 9.47 Å².